The van der Waals surface area contributed by atoms with E-state index >= 15 is 0 Å². The minimum atomic E-state index is -0.630. The van der Waals surface area contributed by atoms with Crippen LogP contribution in [0, 0.1) is 12.7 Å². The zero-order chi connectivity index (χ0) is 23.8. The molecule has 1 saturated carbocycles. The van der Waals surface area contributed by atoms with Crippen molar-refractivity contribution < 1.29 is 14.3 Å². The van der Waals surface area contributed by atoms with Gasteiger partial charge in [-0.2, -0.15) is 0 Å². The molecule has 174 valence electrons. The third kappa shape index (κ3) is 4.17. The van der Waals surface area contributed by atoms with Gasteiger partial charge in [-0.1, -0.05) is 6.07 Å². The first kappa shape index (κ1) is 21.8. The molecule has 3 aromatic heterocycles. The number of aromatic nitrogens is 7. The Hall–Kier alpha value is -3.99. The monoisotopic (exact) mass is 462 g/mol. The molecule has 1 amide bonds. The predicted octanol–water partition coefficient (Wildman–Crippen LogP) is 3.05. The van der Waals surface area contributed by atoms with E-state index in [-0.39, 0.29) is 24.0 Å². The summed E-state index contributed by atoms with van der Waals surface area (Å²) in [5.41, 5.74) is 2.68. The van der Waals surface area contributed by atoms with Gasteiger partial charge in [0.25, 0.3) is 5.91 Å². The molecule has 1 aliphatic rings. The maximum Gasteiger partial charge on any atom is 0.259 e. The minimum Gasteiger partial charge on any atom is -0.394 e. The summed E-state index contributed by atoms with van der Waals surface area (Å²) in [6.07, 6.45) is 5.88. The largest absolute Gasteiger partial charge is 0.394 e. The summed E-state index contributed by atoms with van der Waals surface area (Å²) < 4.78 is 18.0. The van der Waals surface area contributed by atoms with E-state index in [4.69, 9.17) is 0 Å². The van der Waals surface area contributed by atoms with E-state index in [2.05, 4.69) is 30.8 Å². The van der Waals surface area contributed by atoms with E-state index in [0.717, 1.165) is 18.5 Å². The van der Waals surface area contributed by atoms with Crippen molar-refractivity contribution in [3.05, 3.63) is 65.5 Å². The molecule has 1 atom stereocenters. The number of benzene rings is 1. The number of nitrogens with one attached hydrogen (secondary N) is 1. The number of aliphatic hydroxyl groups is 1. The number of carbonyl (C=O) groups is 1. The Bertz CT molecular complexity index is 1360. The van der Waals surface area contributed by atoms with E-state index < -0.39 is 11.7 Å². The average Bonchev–Trinajstić information content (AvgIpc) is 3.35. The van der Waals surface area contributed by atoms with E-state index in [1.54, 1.807) is 38.4 Å². The molecule has 3 heterocycles. The Morgan fingerprint density at radius 2 is 2.15 bits per heavy atom. The molecule has 4 aromatic rings. The lowest BCUT2D eigenvalue weighted by atomic mass is 10.1. The summed E-state index contributed by atoms with van der Waals surface area (Å²) >= 11 is 0. The van der Waals surface area contributed by atoms with Crippen LogP contribution in [0.5, 0.6) is 0 Å². The van der Waals surface area contributed by atoms with Crippen molar-refractivity contribution in [2.75, 3.05) is 11.9 Å². The summed E-state index contributed by atoms with van der Waals surface area (Å²) in [6, 6.07) is 7.47. The van der Waals surface area contributed by atoms with Crippen LogP contribution in [0.25, 0.3) is 17.2 Å². The lowest BCUT2D eigenvalue weighted by Crippen LogP contribution is -2.16. The van der Waals surface area contributed by atoms with Gasteiger partial charge in [0.05, 0.1) is 35.9 Å². The number of hydrogen-bond donors (Lipinski definition) is 2. The van der Waals surface area contributed by atoms with Crippen LogP contribution < -0.4 is 5.32 Å². The van der Waals surface area contributed by atoms with Crippen LogP contribution in [0.4, 0.5) is 10.2 Å². The molecule has 0 aliphatic heterocycles. The topological polar surface area (TPSA) is 124 Å². The fraction of sp³-hybridized carbons (Fsp3) is 0.304. The first-order valence-electron chi connectivity index (χ1n) is 11.0. The smallest absolute Gasteiger partial charge is 0.259 e. The number of tetrazole rings is 1. The number of aliphatic hydroxyl groups excluding tert-OH is 1. The molecule has 10 nitrogen and oxygen atoms in total. The Morgan fingerprint density at radius 1 is 1.32 bits per heavy atom. The highest BCUT2D eigenvalue weighted by Crippen LogP contribution is 2.39. The third-order valence-corrected chi connectivity index (χ3v) is 5.80. The molecule has 11 heteroatoms. The first-order valence-corrected chi connectivity index (χ1v) is 11.0. The van der Waals surface area contributed by atoms with Gasteiger partial charge in [0.1, 0.15) is 17.3 Å². The fourth-order valence-corrected chi connectivity index (χ4v) is 3.72. The van der Waals surface area contributed by atoms with Crippen LogP contribution in [0.2, 0.25) is 0 Å². The van der Waals surface area contributed by atoms with Crippen molar-refractivity contribution in [1.82, 2.24) is 34.7 Å². The normalized spacial score (nSPS) is 14.2. The first-order chi connectivity index (χ1) is 16.4. The Labute approximate surface area is 194 Å². The number of pyridine rings is 1. The number of rotatable bonds is 7. The highest BCUT2D eigenvalue weighted by atomic mass is 19.1. The zero-order valence-electron chi connectivity index (χ0n) is 18.7. The Morgan fingerprint density at radius 3 is 2.91 bits per heavy atom. The van der Waals surface area contributed by atoms with Gasteiger partial charge >= 0.3 is 0 Å². The molecule has 1 aliphatic carbocycles. The maximum absolute atomic E-state index is 14.8. The van der Waals surface area contributed by atoms with Crippen molar-refractivity contribution >= 4 is 11.7 Å². The van der Waals surface area contributed by atoms with Crippen LogP contribution >= 0.6 is 0 Å². The van der Waals surface area contributed by atoms with Crippen LogP contribution in [0.1, 0.15) is 53.3 Å². The highest BCUT2D eigenvalue weighted by molar-refractivity contribution is 6.04. The van der Waals surface area contributed by atoms with E-state index in [9.17, 15) is 14.3 Å². The molecular formula is C23H23FN8O2. The van der Waals surface area contributed by atoms with E-state index in [1.807, 2.05) is 10.8 Å². The predicted molar refractivity (Wildman–Crippen MR) is 121 cm³/mol. The number of nitrogens with zero attached hydrogens (tertiary/aromatic N) is 7. The summed E-state index contributed by atoms with van der Waals surface area (Å²) in [6.45, 7) is 3.40. The SMILES string of the molecule is Cc1cc(F)c(C(=O)Nc2cccc(-c3nnnn3C(C)CO)n2)cc1-n1cnc(C2CC2)c1. The number of halogens is 1. The van der Waals surface area contributed by atoms with Crippen molar-refractivity contribution in [3.63, 3.8) is 0 Å². The highest BCUT2D eigenvalue weighted by Gasteiger charge is 2.26. The third-order valence-electron chi connectivity index (χ3n) is 5.80. The molecule has 2 N–H and O–H groups in total. The standard InChI is InChI=1S/C23H23FN8O2/c1-13-8-17(24)16(9-20(13)31-10-19(25-12-31)15-6-7-15)23(34)27-21-5-3-4-18(26-21)22-28-29-30-32(22)14(2)11-33/h3-5,8-10,12,14-15,33H,6-7,11H2,1-2H3,(H,26,27,34). The van der Waals surface area contributed by atoms with E-state index in [0.29, 0.717) is 28.7 Å². The molecule has 1 aromatic carbocycles. The number of hydrogen-bond acceptors (Lipinski definition) is 7. The van der Waals surface area contributed by atoms with Gasteiger partial charge in [0.15, 0.2) is 0 Å². The van der Waals surface area contributed by atoms with Crippen molar-refractivity contribution in [2.45, 2.75) is 38.6 Å². The fourth-order valence-electron chi connectivity index (χ4n) is 3.72. The second-order valence-corrected chi connectivity index (χ2v) is 8.44. The number of aryl methyl sites for hydroxylation is 1. The van der Waals surface area contributed by atoms with Gasteiger partial charge in [-0.25, -0.2) is 19.0 Å². The van der Waals surface area contributed by atoms with Crippen molar-refractivity contribution in [3.8, 4) is 17.2 Å². The van der Waals surface area contributed by atoms with Gasteiger partial charge in [0.2, 0.25) is 5.82 Å². The summed E-state index contributed by atoms with van der Waals surface area (Å²) in [5, 5.41) is 23.6. The van der Waals surface area contributed by atoms with Gasteiger partial charge in [0, 0.05) is 12.1 Å². The van der Waals surface area contributed by atoms with E-state index in [1.165, 1.54) is 16.8 Å². The summed E-state index contributed by atoms with van der Waals surface area (Å²) in [5.74, 6) is -0.209. The number of carbonyl (C=O) groups excluding carboxylic acids is 1. The minimum absolute atomic E-state index is 0.104. The van der Waals surface area contributed by atoms with Crippen LogP contribution in [-0.2, 0) is 0 Å². The molecule has 1 unspecified atom stereocenters. The molecule has 0 saturated heterocycles. The average molecular weight is 462 g/mol. The molecule has 0 spiro atoms. The number of amides is 1. The molecule has 0 radical (unpaired) electrons. The summed E-state index contributed by atoms with van der Waals surface area (Å²) in [7, 11) is 0. The lowest BCUT2D eigenvalue weighted by molar-refractivity contribution is 0.102. The molecular weight excluding hydrogens is 439 g/mol. The van der Waals surface area contributed by atoms with Crippen molar-refractivity contribution in [2.24, 2.45) is 0 Å². The number of anilines is 1. The van der Waals surface area contributed by atoms with Gasteiger partial charge in [-0.05, 0) is 66.9 Å². The second kappa shape index (κ2) is 8.75. The molecule has 5 rings (SSSR count). The second-order valence-electron chi connectivity index (χ2n) is 8.44. The molecule has 0 bridgehead atoms. The summed E-state index contributed by atoms with van der Waals surface area (Å²) in [4.78, 5) is 21.8. The molecule has 1 fully saturated rings. The lowest BCUT2D eigenvalue weighted by Gasteiger charge is -2.12. The maximum atomic E-state index is 14.8. The Kier molecular flexibility index (Phi) is 5.62. The van der Waals surface area contributed by atoms with Crippen LogP contribution in [0.3, 0.4) is 0 Å². The van der Waals surface area contributed by atoms with Gasteiger partial charge in [-0.15, -0.1) is 5.10 Å². The zero-order valence-corrected chi connectivity index (χ0v) is 18.7. The van der Waals surface area contributed by atoms with Crippen LogP contribution in [-0.4, -0.2) is 52.4 Å². The molecule has 34 heavy (non-hydrogen) atoms. The van der Waals surface area contributed by atoms with Crippen molar-refractivity contribution in [1.29, 1.82) is 0 Å². The van der Waals surface area contributed by atoms with Crippen LogP contribution in [0.15, 0.2) is 42.9 Å². The van der Waals surface area contributed by atoms with Gasteiger partial charge < -0.3 is 15.0 Å². The Balaban J connectivity index is 1.41. The number of imidazole rings is 1. The quantitative estimate of drug-likeness (QED) is 0.433. The van der Waals surface area contributed by atoms with Gasteiger partial charge in [-0.3, -0.25) is 4.79 Å².